The number of alkyl halides is 2. The van der Waals surface area contributed by atoms with Gasteiger partial charge in [-0.05, 0) is 0 Å². The van der Waals surface area contributed by atoms with E-state index >= 15 is 0 Å². The van der Waals surface area contributed by atoms with Crippen LogP contribution < -0.4 is 0 Å². The third kappa shape index (κ3) is 2.33. The zero-order valence-electron chi connectivity index (χ0n) is 9.02. The molecule has 0 spiro atoms. The average molecular weight is 412 g/mol. The maximum absolute atomic E-state index is 12.6. The number of imidazole rings is 1. The van der Waals surface area contributed by atoms with E-state index in [1.807, 2.05) is 0 Å². The fourth-order valence-corrected chi connectivity index (χ4v) is 3.87. The summed E-state index contributed by atoms with van der Waals surface area (Å²) in [5, 5.41) is 7.83. The molecular weight excluding hydrogens is 408 g/mol. The van der Waals surface area contributed by atoms with Crippen molar-refractivity contribution in [2.24, 2.45) is 0 Å². The molecule has 3 rings (SSSR count). The molecule has 0 unspecified atom stereocenters. The van der Waals surface area contributed by atoms with Gasteiger partial charge in [0.1, 0.15) is 0 Å². The second-order valence-electron chi connectivity index (χ2n) is 3.59. The zero-order valence-corrected chi connectivity index (χ0v) is 13.1. The van der Waals surface area contributed by atoms with Crippen molar-refractivity contribution < 1.29 is 8.78 Å². The zero-order chi connectivity index (χ0) is 13.6. The number of nitrogens with zero attached hydrogens (tertiary/aromatic N) is 4. The monoisotopic (exact) mass is 412 g/mol. The Labute approximate surface area is 125 Å². The van der Waals surface area contributed by atoms with Gasteiger partial charge in [0.15, 0.2) is 0 Å². The van der Waals surface area contributed by atoms with Crippen molar-refractivity contribution in [1.29, 1.82) is 0 Å². The Bertz CT molecular complexity index is 757. The van der Waals surface area contributed by atoms with E-state index in [9.17, 15) is 8.78 Å². The van der Waals surface area contributed by atoms with Crippen molar-refractivity contribution in [2.45, 2.75) is 6.43 Å². The Balaban J connectivity index is 2.19. The van der Waals surface area contributed by atoms with Crippen LogP contribution in [0.1, 0.15) is 11.0 Å². The molecule has 0 fully saturated rings. The molecule has 0 N–H and O–H groups in total. The quantitative estimate of drug-likeness (QED) is 0.607. The summed E-state index contributed by atoms with van der Waals surface area (Å²) in [5.41, 5.74) is 0.698. The molecule has 9 heteroatoms. The van der Waals surface area contributed by atoms with E-state index in [1.54, 1.807) is 22.9 Å². The van der Waals surface area contributed by atoms with Crippen LogP contribution in [0.15, 0.2) is 22.9 Å². The molecule has 4 nitrogen and oxygen atoms in total. The predicted octanol–water partition coefficient (Wildman–Crippen LogP) is 3.20. The van der Waals surface area contributed by atoms with Gasteiger partial charge in [-0.1, -0.05) is 0 Å². The average Bonchev–Trinajstić information content (AvgIpc) is 2.93. The first-order valence-electron chi connectivity index (χ1n) is 5.00. The van der Waals surface area contributed by atoms with Gasteiger partial charge in [-0.2, -0.15) is 0 Å². The second-order valence-corrected chi connectivity index (χ2v) is 7.03. The van der Waals surface area contributed by atoms with E-state index < -0.39 is 20.9 Å². The molecule has 0 aliphatic rings. The van der Waals surface area contributed by atoms with Crippen LogP contribution in [-0.2, 0) is 0 Å². The van der Waals surface area contributed by atoms with Crippen molar-refractivity contribution in [3.8, 4) is 10.4 Å². The first kappa shape index (κ1) is 13.2. The molecule has 0 bridgehead atoms. The molecule has 19 heavy (non-hydrogen) atoms. The van der Waals surface area contributed by atoms with Crippen molar-refractivity contribution in [1.82, 2.24) is 19.6 Å². The molecule has 0 saturated heterocycles. The van der Waals surface area contributed by atoms with Crippen molar-refractivity contribution in [3.05, 3.63) is 32.5 Å². The van der Waals surface area contributed by atoms with Gasteiger partial charge in [0, 0.05) is 0 Å². The molecule has 98 valence electrons. The van der Waals surface area contributed by atoms with Gasteiger partial charge in [-0.3, -0.25) is 0 Å². The van der Waals surface area contributed by atoms with Gasteiger partial charge in [0.2, 0.25) is 0 Å². The molecule has 3 aromatic rings. The van der Waals surface area contributed by atoms with Crippen LogP contribution in [0, 0.1) is 0 Å². The van der Waals surface area contributed by atoms with E-state index in [-0.39, 0.29) is 4.57 Å². The summed E-state index contributed by atoms with van der Waals surface area (Å²) in [6.07, 6.45) is 0.786. The fraction of sp³-hybridized carbons (Fsp3) is 0.100. The summed E-state index contributed by atoms with van der Waals surface area (Å²) in [6, 6.07) is 1.74. The molecule has 0 aliphatic heterocycles. The van der Waals surface area contributed by atoms with E-state index in [0.717, 1.165) is 4.47 Å². The topological polar surface area (TPSA) is 43.1 Å². The molecule has 0 aromatic carbocycles. The summed E-state index contributed by atoms with van der Waals surface area (Å²) in [7, 11) is 0. The van der Waals surface area contributed by atoms with Crippen molar-refractivity contribution in [2.75, 3.05) is 0 Å². The van der Waals surface area contributed by atoms with Crippen molar-refractivity contribution >= 4 is 47.6 Å². The molecule has 0 radical (unpaired) electrons. The first-order valence-corrected chi connectivity index (χ1v) is 7.88. The normalized spacial score (nSPS) is 11.6. The summed E-state index contributed by atoms with van der Waals surface area (Å²) in [6.45, 7) is 0. The van der Waals surface area contributed by atoms with E-state index in [0.29, 0.717) is 20.9 Å². The SMILES string of the molecule is FC(F)c1nnc(-c2ncc3c(Cl)cc(Br)cn23)[se]1. The van der Waals surface area contributed by atoms with Crippen LogP contribution in [0.5, 0.6) is 0 Å². The Morgan fingerprint density at radius 3 is 2.84 bits per heavy atom. The number of fused-ring (bicyclic) bond motifs is 1. The predicted molar refractivity (Wildman–Crippen MR) is 70.8 cm³/mol. The molecule has 0 atom stereocenters. The van der Waals surface area contributed by atoms with E-state index in [4.69, 9.17) is 11.6 Å². The fourth-order valence-electron chi connectivity index (χ4n) is 1.60. The van der Waals surface area contributed by atoms with Gasteiger partial charge in [0.25, 0.3) is 0 Å². The van der Waals surface area contributed by atoms with Crippen LogP contribution in [0.25, 0.3) is 15.9 Å². The third-order valence-electron chi connectivity index (χ3n) is 2.38. The summed E-state index contributed by atoms with van der Waals surface area (Å²) in [5.74, 6) is 0.498. The summed E-state index contributed by atoms with van der Waals surface area (Å²) >= 11 is 8.81. The molecule has 0 saturated carbocycles. The van der Waals surface area contributed by atoms with Gasteiger partial charge >= 0.3 is 125 Å². The standard InChI is InChI=1S/C10H4BrClF2N4Se/c11-4-1-5(12)6-2-15-8(18(6)3-4)10-17-16-9(19-10)7(13)14/h1-3,7H. The van der Waals surface area contributed by atoms with Crippen molar-refractivity contribution in [3.63, 3.8) is 0 Å². The number of rotatable bonds is 2. The van der Waals surface area contributed by atoms with Gasteiger partial charge < -0.3 is 0 Å². The minimum absolute atomic E-state index is 0.180. The molecule has 3 aromatic heterocycles. The number of pyridine rings is 1. The summed E-state index contributed by atoms with van der Waals surface area (Å²) < 4.78 is 27.9. The maximum atomic E-state index is 12.6. The van der Waals surface area contributed by atoms with Crippen LogP contribution in [0.2, 0.25) is 5.02 Å². The van der Waals surface area contributed by atoms with Gasteiger partial charge in [0.05, 0.1) is 0 Å². The van der Waals surface area contributed by atoms with Crippen LogP contribution in [-0.4, -0.2) is 34.1 Å². The van der Waals surface area contributed by atoms with Crippen LogP contribution in [0.3, 0.4) is 0 Å². The first-order chi connectivity index (χ1) is 9.06. The second kappa shape index (κ2) is 4.94. The Kier molecular flexibility index (Phi) is 3.42. The van der Waals surface area contributed by atoms with Gasteiger partial charge in [-0.15, -0.1) is 0 Å². The number of halogens is 4. The van der Waals surface area contributed by atoms with E-state index in [1.165, 1.54) is 0 Å². The Morgan fingerprint density at radius 1 is 1.37 bits per heavy atom. The van der Waals surface area contributed by atoms with Crippen LogP contribution >= 0.6 is 27.5 Å². The molecular formula is C10H4BrClF2N4Se. The number of hydrogen-bond donors (Lipinski definition) is 0. The third-order valence-corrected chi connectivity index (χ3v) is 5.06. The molecule has 3 heterocycles. The molecule has 0 amide bonds. The van der Waals surface area contributed by atoms with E-state index in [2.05, 4.69) is 31.1 Å². The molecule has 0 aliphatic carbocycles. The summed E-state index contributed by atoms with van der Waals surface area (Å²) in [4.78, 5) is 4.20. The number of hydrogen-bond acceptors (Lipinski definition) is 3. The Hall–Kier alpha value is -0.821. The Morgan fingerprint density at radius 2 is 2.16 bits per heavy atom. The number of aromatic nitrogens is 4. The minimum atomic E-state index is -2.57. The van der Waals surface area contributed by atoms with Gasteiger partial charge in [-0.25, -0.2) is 0 Å². The van der Waals surface area contributed by atoms with Crippen LogP contribution in [0.4, 0.5) is 8.78 Å².